The Morgan fingerprint density at radius 3 is 2.33 bits per heavy atom. The summed E-state index contributed by atoms with van der Waals surface area (Å²) in [7, 11) is -4.02. The van der Waals surface area contributed by atoms with Gasteiger partial charge in [-0.15, -0.1) is 0 Å². The predicted octanol–water partition coefficient (Wildman–Crippen LogP) is 6.82. The minimum atomic E-state index is -4.02. The molecule has 0 bridgehead atoms. The summed E-state index contributed by atoms with van der Waals surface area (Å²) in [4.78, 5) is 13.0. The maximum atomic E-state index is 13.5. The number of aryl methyl sites for hydroxylation is 2. The molecule has 3 aromatic carbocycles. The molecular weight excluding hydrogens is 623 g/mol. The van der Waals surface area contributed by atoms with Crippen molar-refractivity contribution in [1.29, 1.82) is 0 Å². The largest absolute Gasteiger partial charge is 0.316 e. The van der Waals surface area contributed by atoms with Crippen LogP contribution in [0.4, 0.5) is 5.69 Å². The van der Waals surface area contributed by atoms with Gasteiger partial charge in [-0.1, -0.05) is 56.8 Å². The van der Waals surface area contributed by atoms with Gasteiger partial charge >= 0.3 is 0 Å². The standard InChI is InChI=1S/C28H25BrCl2N4O3S/c1-18-4-11-25(12-5-18)39(37,38)34(24-9-6-22(29)7-10-24)17-28(36)33-32-16-21-14-19(2)35(20(21)3)27-15-23(30)8-13-26(27)31/h4-16H,17H2,1-3H3,(H,33,36)/b32-16-. The van der Waals surface area contributed by atoms with Crippen LogP contribution in [0.2, 0.25) is 10.0 Å². The molecule has 0 unspecified atom stereocenters. The van der Waals surface area contributed by atoms with E-state index in [2.05, 4.69) is 26.5 Å². The van der Waals surface area contributed by atoms with Crippen molar-refractivity contribution in [2.24, 2.45) is 5.10 Å². The van der Waals surface area contributed by atoms with Crippen molar-refractivity contribution in [3.05, 3.63) is 110 Å². The molecule has 0 spiro atoms. The highest BCUT2D eigenvalue weighted by molar-refractivity contribution is 9.10. The van der Waals surface area contributed by atoms with Crippen LogP contribution >= 0.6 is 39.1 Å². The van der Waals surface area contributed by atoms with Gasteiger partial charge in [0, 0.05) is 26.4 Å². The average molecular weight is 648 g/mol. The van der Waals surface area contributed by atoms with Gasteiger partial charge in [-0.05, 0) is 81.4 Å². The summed E-state index contributed by atoms with van der Waals surface area (Å²) in [5, 5.41) is 5.19. The molecular formula is C28H25BrCl2N4O3S. The highest BCUT2D eigenvalue weighted by Gasteiger charge is 2.27. The van der Waals surface area contributed by atoms with Gasteiger partial charge in [0.2, 0.25) is 0 Å². The molecule has 1 N–H and O–H groups in total. The number of carbonyl (C=O) groups excluding carboxylic acids is 1. The Hall–Kier alpha value is -3.11. The van der Waals surface area contributed by atoms with Gasteiger partial charge in [-0.2, -0.15) is 5.10 Å². The summed E-state index contributed by atoms with van der Waals surface area (Å²) >= 11 is 15.9. The molecule has 0 atom stereocenters. The summed E-state index contributed by atoms with van der Waals surface area (Å²) in [6, 6.07) is 20.3. The van der Waals surface area contributed by atoms with Crippen LogP contribution in [0.5, 0.6) is 0 Å². The summed E-state index contributed by atoms with van der Waals surface area (Å²) in [5.41, 5.74) is 6.94. The van der Waals surface area contributed by atoms with Crippen LogP contribution in [-0.2, 0) is 14.8 Å². The van der Waals surface area contributed by atoms with Crippen LogP contribution in [0.15, 0.2) is 87.3 Å². The van der Waals surface area contributed by atoms with Crippen LogP contribution in [-0.4, -0.2) is 31.7 Å². The molecule has 4 rings (SSSR count). The zero-order valence-corrected chi connectivity index (χ0v) is 25.2. The maximum absolute atomic E-state index is 13.5. The Bertz CT molecular complexity index is 1650. The number of nitrogens with zero attached hydrogens (tertiary/aromatic N) is 3. The number of hydrogen-bond acceptors (Lipinski definition) is 4. The number of amides is 1. The quantitative estimate of drug-likeness (QED) is 0.168. The number of benzene rings is 3. The lowest BCUT2D eigenvalue weighted by molar-refractivity contribution is -0.119. The van der Waals surface area contributed by atoms with Crippen LogP contribution in [0, 0.1) is 20.8 Å². The van der Waals surface area contributed by atoms with Crippen molar-refractivity contribution in [2.45, 2.75) is 25.7 Å². The molecule has 0 aliphatic carbocycles. The van der Waals surface area contributed by atoms with E-state index in [0.29, 0.717) is 15.7 Å². The molecule has 1 aromatic heterocycles. The molecule has 0 fully saturated rings. The fraction of sp³-hybridized carbons (Fsp3) is 0.143. The molecule has 39 heavy (non-hydrogen) atoms. The summed E-state index contributed by atoms with van der Waals surface area (Å²) in [6.45, 7) is 5.23. The Balaban J connectivity index is 1.56. The molecule has 1 amide bonds. The number of hydrogen-bond donors (Lipinski definition) is 1. The van der Waals surface area contributed by atoms with Crippen molar-refractivity contribution >= 4 is 67.0 Å². The van der Waals surface area contributed by atoms with Crippen LogP contribution in [0.3, 0.4) is 0 Å². The lowest BCUT2D eigenvalue weighted by Crippen LogP contribution is -2.39. The van der Waals surface area contributed by atoms with Gasteiger partial charge in [-0.3, -0.25) is 9.10 Å². The minimum absolute atomic E-state index is 0.0828. The van der Waals surface area contributed by atoms with Crippen molar-refractivity contribution in [2.75, 3.05) is 10.8 Å². The Kier molecular flexibility index (Phi) is 8.86. The number of sulfonamides is 1. The van der Waals surface area contributed by atoms with Gasteiger partial charge in [-0.25, -0.2) is 13.8 Å². The molecule has 202 valence electrons. The van der Waals surface area contributed by atoms with E-state index in [1.54, 1.807) is 54.6 Å². The molecule has 0 saturated heterocycles. The lowest BCUT2D eigenvalue weighted by atomic mass is 10.2. The highest BCUT2D eigenvalue weighted by Crippen LogP contribution is 2.29. The fourth-order valence-electron chi connectivity index (χ4n) is 4.05. The van der Waals surface area contributed by atoms with Gasteiger partial charge in [0.1, 0.15) is 6.54 Å². The SMILES string of the molecule is Cc1ccc(S(=O)(=O)N(CC(=O)N/N=C\c2cc(C)n(-c3cc(Cl)ccc3Cl)c2C)c2ccc(Br)cc2)cc1. The summed E-state index contributed by atoms with van der Waals surface area (Å²) < 4.78 is 30.8. The minimum Gasteiger partial charge on any atom is -0.316 e. The van der Waals surface area contributed by atoms with Crippen LogP contribution in [0.1, 0.15) is 22.5 Å². The molecule has 11 heteroatoms. The third-order valence-corrected chi connectivity index (χ3v) is 8.89. The number of carbonyl (C=O) groups is 1. The van der Waals surface area contributed by atoms with Crippen molar-refractivity contribution in [3.63, 3.8) is 0 Å². The van der Waals surface area contributed by atoms with Crippen LogP contribution in [0.25, 0.3) is 5.69 Å². The van der Waals surface area contributed by atoms with Crippen LogP contribution < -0.4 is 9.73 Å². The second kappa shape index (κ2) is 12.0. The molecule has 0 saturated carbocycles. The van der Waals surface area contributed by atoms with E-state index in [1.807, 2.05) is 31.4 Å². The second-order valence-electron chi connectivity index (χ2n) is 8.85. The molecule has 0 aliphatic heterocycles. The molecule has 1 heterocycles. The van der Waals surface area contributed by atoms with E-state index >= 15 is 0 Å². The van der Waals surface area contributed by atoms with Gasteiger partial charge in [0.25, 0.3) is 15.9 Å². The Morgan fingerprint density at radius 2 is 1.67 bits per heavy atom. The normalized spacial score (nSPS) is 11.6. The predicted molar refractivity (Wildman–Crippen MR) is 161 cm³/mol. The van der Waals surface area contributed by atoms with E-state index in [-0.39, 0.29) is 4.90 Å². The smallest absolute Gasteiger partial charge is 0.264 e. The Morgan fingerprint density at radius 1 is 1.00 bits per heavy atom. The van der Waals surface area contributed by atoms with Gasteiger partial charge in [0.15, 0.2) is 0 Å². The van der Waals surface area contributed by atoms with Crippen molar-refractivity contribution in [1.82, 2.24) is 9.99 Å². The Labute approximate surface area is 246 Å². The third-order valence-electron chi connectivity index (χ3n) is 6.02. The maximum Gasteiger partial charge on any atom is 0.264 e. The number of aromatic nitrogens is 1. The van der Waals surface area contributed by atoms with E-state index in [0.717, 1.165) is 37.0 Å². The fourth-order valence-corrected chi connectivity index (χ4v) is 6.10. The van der Waals surface area contributed by atoms with Crippen molar-refractivity contribution < 1.29 is 13.2 Å². The number of anilines is 1. The van der Waals surface area contributed by atoms with E-state index in [4.69, 9.17) is 23.2 Å². The van der Waals surface area contributed by atoms with Gasteiger partial charge in [0.05, 0.1) is 27.5 Å². The number of halogens is 3. The summed E-state index contributed by atoms with van der Waals surface area (Å²) in [5.74, 6) is -0.600. The number of hydrazone groups is 1. The molecule has 4 aromatic rings. The first-order valence-electron chi connectivity index (χ1n) is 11.8. The third kappa shape index (κ3) is 6.55. The monoisotopic (exact) mass is 646 g/mol. The average Bonchev–Trinajstić information content (AvgIpc) is 3.17. The highest BCUT2D eigenvalue weighted by atomic mass is 79.9. The first kappa shape index (κ1) is 28.9. The van der Waals surface area contributed by atoms with Crippen molar-refractivity contribution in [3.8, 4) is 5.69 Å². The van der Waals surface area contributed by atoms with E-state index in [9.17, 15) is 13.2 Å². The molecule has 0 radical (unpaired) electrons. The second-order valence-corrected chi connectivity index (χ2v) is 12.5. The van der Waals surface area contributed by atoms with E-state index in [1.165, 1.54) is 18.3 Å². The number of rotatable bonds is 8. The number of nitrogens with one attached hydrogen (secondary N) is 1. The zero-order valence-electron chi connectivity index (χ0n) is 21.3. The molecule has 0 aliphatic rings. The van der Waals surface area contributed by atoms with E-state index < -0.39 is 22.5 Å². The lowest BCUT2D eigenvalue weighted by Gasteiger charge is -2.23. The van der Waals surface area contributed by atoms with Gasteiger partial charge < -0.3 is 4.57 Å². The summed E-state index contributed by atoms with van der Waals surface area (Å²) in [6.07, 6.45) is 1.51. The molecule has 7 nitrogen and oxygen atoms in total. The zero-order chi connectivity index (χ0) is 28.3. The first-order valence-corrected chi connectivity index (χ1v) is 14.8. The first-order chi connectivity index (χ1) is 18.5. The topological polar surface area (TPSA) is 83.8 Å².